The highest BCUT2D eigenvalue weighted by Crippen LogP contribution is 2.25. The zero-order chi connectivity index (χ0) is 12.3. The molecule has 4 nitrogen and oxygen atoms in total. The number of thiophene rings is 1. The van der Waals surface area contributed by atoms with Crippen molar-refractivity contribution in [2.45, 2.75) is 32.4 Å². The summed E-state index contributed by atoms with van der Waals surface area (Å²) in [5.74, 6) is 0.962. The molecule has 0 aromatic carbocycles. The van der Waals surface area contributed by atoms with Gasteiger partial charge >= 0.3 is 0 Å². The van der Waals surface area contributed by atoms with Gasteiger partial charge in [0.25, 0.3) is 0 Å². The van der Waals surface area contributed by atoms with E-state index in [4.69, 9.17) is 5.73 Å². The summed E-state index contributed by atoms with van der Waals surface area (Å²) in [6.07, 6.45) is 3.38. The largest absolute Gasteiger partial charge is 0.323 e. The SMILES string of the molecule is CCCn1ncnc1CC(N)c1cc(Br)cs1. The second kappa shape index (κ2) is 5.75. The molecular weight excluding hydrogens is 300 g/mol. The zero-order valence-corrected chi connectivity index (χ0v) is 12.0. The molecule has 2 N–H and O–H groups in total. The maximum atomic E-state index is 6.17. The monoisotopic (exact) mass is 314 g/mol. The second-order valence-corrected chi connectivity index (χ2v) is 5.74. The maximum Gasteiger partial charge on any atom is 0.138 e. The summed E-state index contributed by atoms with van der Waals surface area (Å²) in [4.78, 5) is 5.44. The first-order valence-corrected chi connectivity index (χ1v) is 7.24. The fourth-order valence-corrected chi connectivity index (χ4v) is 3.11. The molecule has 0 saturated heterocycles. The number of halogens is 1. The third kappa shape index (κ3) is 3.14. The number of aryl methyl sites for hydroxylation is 1. The third-order valence-electron chi connectivity index (χ3n) is 2.49. The normalized spacial score (nSPS) is 12.9. The van der Waals surface area contributed by atoms with E-state index in [-0.39, 0.29) is 6.04 Å². The standard InChI is InChI=1S/C11H15BrN4S/c1-2-3-16-11(14-7-15-16)5-9(13)10-4-8(12)6-17-10/h4,6-7,9H,2-3,5,13H2,1H3. The molecule has 0 amide bonds. The van der Waals surface area contributed by atoms with Crippen molar-refractivity contribution in [2.24, 2.45) is 5.73 Å². The lowest BCUT2D eigenvalue weighted by atomic mass is 10.2. The van der Waals surface area contributed by atoms with Gasteiger partial charge in [-0.05, 0) is 28.4 Å². The molecule has 0 saturated carbocycles. The molecule has 0 spiro atoms. The lowest BCUT2D eigenvalue weighted by molar-refractivity contribution is 0.550. The van der Waals surface area contributed by atoms with Crippen LogP contribution in [0.2, 0.25) is 0 Å². The highest BCUT2D eigenvalue weighted by molar-refractivity contribution is 9.10. The summed E-state index contributed by atoms with van der Waals surface area (Å²) in [6, 6.07) is 2.06. The van der Waals surface area contributed by atoms with Gasteiger partial charge in [0.15, 0.2) is 0 Å². The minimum Gasteiger partial charge on any atom is -0.323 e. The number of rotatable bonds is 5. The van der Waals surface area contributed by atoms with Crippen LogP contribution in [-0.4, -0.2) is 14.8 Å². The molecule has 0 bridgehead atoms. The molecule has 0 aliphatic heterocycles. The number of hydrogen-bond acceptors (Lipinski definition) is 4. The van der Waals surface area contributed by atoms with Gasteiger partial charge in [0.2, 0.25) is 0 Å². The minimum atomic E-state index is -0.00824. The fraction of sp³-hybridized carbons (Fsp3) is 0.455. The summed E-state index contributed by atoms with van der Waals surface area (Å²) >= 11 is 5.11. The van der Waals surface area contributed by atoms with Crippen LogP contribution in [0.25, 0.3) is 0 Å². The summed E-state index contributed by atoms with van der Waals surface area (Å²) in [5.41, 5.74) is 6.17. The zero-order valence-electron chi connectivity index (χ0n) is 9.64. The molecule has 6 heteroatoms. The summed E-state index contributed by atoms with van der Waals surface area (Å²) < 4.78 is 3.02. The second-order valence-electron chi connectivity index (χ2n) is 3.88. The van der Waals surface area contributed by atoms with Gasteiger partial charge in [-0.3, -0.25) is 4.68 Å². The average Bonchev–Trinajstić information content (AvgIpc) is 2.89. The van der Waals surface area contributed by atoms with E-state index in [1.807, 2.05) is 10.1 Å². The van der Waals surface area contributed by atoms with Crippen LogP contribution in [0.5, 0.6) is 0 Å². The Balaban J connectivity index is 2.07. The summed E-state index contributed by atoms with van der Waals surface area (Å²) in [6.45, 7) is 3.03. The molecule has 1 atom stereocenters. The summed E-state index contributed by atoms with van der Waals surface area (Å²) in [7, 11) is 0. The first-order chi connectivity index (χ1) is 8.20. The first kappa shape index (κ1) is 12.7. The molecule has 0 aliphatic rings. The van der Waals surface area contributed by atoms with Crippen LogP contribution < -0.4 is 5.73 Å². The van der Waals surface area contributed by atoms with Crippen molar-refractivity contribution in [1.82, 2.24) is 14.8 Å². The molecule has 0 radical (unpaired) electrons. The van der Waals surface area contributed by atoms with E-state index in [1.165, 1.54) is 4.88 Å². The van der Waals surface area contributed by atoms with Crippen molar-refractivity contribution in [3.63, 3.8) is 0 Å². The molecule has 2 heterocycles. The van der Waals surface area contributed by atoms with Gasteiger partial charge in [-0.1, -0.05) is 6.92 Å². The van der Waals surface area contributed by atoms with Gasteiger partial charge in [0.05, 0.1) is 0 Å². The maximum absolute atomic E-state index is 6.17. The predicted molar refractivity (Wildman–Crippen MR) is 73.0 cm³/mol. The third-order valence-corrected chi connectivity index (χ3v) is 4.31. The Bertz CT molecular complexity index is 479. The van der Waals surface area contributed by atoms with Crippen molar-refractivity contribution in [1.29, 1.82) is 0 Å². The van der Waals surface area contributed by atoms with Crippen LogP contribution in [0, 0.1) is 0 Å². The molecule has 92 valence electrons. The van der Waals surface area contributed by atoms with Crippen molar-refractivity contribution in [2.75, 3.05) is 0 Å². The van der Waals surface area contributed by atoms with E-state index < -0.39 is 0 Å². The van der Waals surface area contributed by atoms with Crippen LogP contribution in [0.15, 0.2) is 22.2 Å². The van der Waals surface area contributed by atoms with Crippen LogP contribution >= 0.6 is 27.3 Å². The van der Waals surface area contributed by atoms with Crippen LogP contribution in [0.1, 0.15) is 30.1 Å². The van der Waals surface area contributed by atoms with Gasteiger partial charge < -0.3 is 5.73 Å². The first-order valence-electron chi connectivity index (χ1n) is 5.57. The molecule has 17 heavy (non-hydrogen) atoms. The van der Waals surface area contributed by atoms with Crippen LogP contribution in [-0.2, 0) is 13.0 Å². The van der Waals surface area contributed by atoms with E-state index in [2.05, 4.69) is 39.0 Å². The topological polar surface area (TPSA) is 56.7 Å². The van der Waals surface area contributed by atoms with Gasteiger partial charge in [0.1, 0.15) is 12.2 Å². The fourth-order valence-electron chi connectivity index (χ4n) is 1.66. The van der Waals surface area contributed by atoms with Crippen molar-refractivity contribution < 1.29 is 0 Å². The van der Waals surface area contributed by atoms with Gasteiger partial charge in [-0.2, -0.15) is 5.10 Å². The lowest BCUT2D eigenvalue weighted by Gasteiger charge is -2.09. The smallest absolute Gasteiger partial charge is 0.138 e. The number of nitrogens with zero attached hydrogens (tertiary/aromatic N) is 3. The molecular formula is C11H15BrN4S. The Hall–Kier alpha value is -0.720. The molecule has 0 aliphatic carbocycles. The van der Waals surface area contributed by atoms with E-state index >= 15 is 0 Å². The molecule has 1 unspecified atom stereocenters. The quantitative estimate of drug-likeness (QED) is 0.923. The number of hydrogen-bond donors (Lipinski definition) is 1. The number of nitrogens with two attached hydrogens (primary N) is 1. The Labute approximate surface area is 113 Å². The molecule has 2 aromatic rings. The Morgan fingerprint density at radius 2 is 2.41 bits per heavy atom. The van der Waals surface area contributed by atoms with Gasteiger partial charge in [-0.25, -0.2) is 4.98 Å². The average molecular weight is 315 g/mol. The van der Waals surface area contributed by atoms with E-state index in [1.54, 1.807) is 17.7 Å². The van der Waals surface area contributed by atoms with Crippen molar-refractivity contribution in [3.8, 4) is 0 Å². The Morgan fingerprint density at radius 1 is 1.59 bits per heavy atom. The van der Waals surface area contributed by atoms with Crippen molar-refractivity contribution in [3.05, 3.63) is 32.9 Å². The minimum absolute atomic E-state index is 0.00824. The molecule has 2 rings (SSSR count). The number of aromatic nitrogens is 3. The summed E-state index contributed by atoms with van der Waals surface area (Å²) in [5, 5.41) is 6.25. The van der Waals surface area contributed by atoms with E-state index in [0.29, 0.717) is 0 Å². The van der Waals surface area contributed by atoms with Crippen LogP contribution in [0.4, 0.5) is 0 Å². The Morgan fingerprint density at radius 3 is 3.06 bits per heavy atom. The highest BCUT2D eigenvalue weighted by Gasteiger charge is 2.13. The Kier molecular flexibility index (Phi) is 4.31. The van der Waals surface area contributed by atoms with Crippen LogP contribution in [0.3, 0.4) is 0 Å². The van der Waals surface area contributed by atoms with Gasteiger partial charge in [0, 0.05) is 33.7 Å². The van der Waals surface area contributed by atoms with E-state index in [0.717, 1.165) is 29.7 Å². The lowest BCUT2D eigenvalue weighted by Crippen LogP contribution is -2.16. The highest BCUT2D eigenvalue weighted by atomic mass is 79.9. The predicted octanol–water partition coefficient (Wildman–Crippen LogP) is 2.75. The van der Waals surface area contributed by atoms with Gasteiger partial charge in [-0.15, -0.1) is 11.3 Å². The molecule has 0 fully saturated rings. The molecule has 2 aromatic heterocycles. The van der Waals surface area contributed by atoms with E-state index in [9.17, 15) is 0 Å². The van der Waals surface area contributed by atoms with Crippen molar-refractivity contribution >= 4 is 27.3 Å².